The van der Waals surface area contributed by atoms with Crippen LogP contribution in [0.3, 0.4) is 0 Å². The summed E-state index contributed by atoms with van der Waals surface area (Å²) in [5, 5.41) is 39.8. The van der Waals surface area contributed by atoms with Crippen LogP contribution < -0.4 is 0 Å². The van der Waals surface area contributed by atoms with E-state index in [-0.39, 0.29) is 16.9 Å². The summed E-state index contributed by atoms with van der Waals surface area (Å²) >= 11 is 0. The normalized spacial score (nSPS) is 53.2. The minimum absolute atomic E-state index is 0.116. The Balaban J connectivity index is 1.29. The van der Waals surface area contributed by atoms with Crippen molar-refractivity contribution in [3.05, 3.63) is 11.6 Å². The Labute approximate surface area is 189 Å². The van der Waals surface area contributed by atoms with Gasteiger partial charge in [-0.15, -0.1) is 0 Å². The van der Waals surface area contributed by atoms with Crippen LogP contribution in [0.4, 0.5) is 0 Å². The molecule has 7 heteroatoms. The highest BCUT2D eigenvalue weighted by Crippen LogP contribution is 2.64. The summed E-state index contributed by atoms with van der Waals surface area (Å²) in [4.78, 5) is 12.6. The molecule has 3 saturated carbocycles. The van der Waals surface area contributed by atoms with E-state index in [1.807, 2.05) is 0 Å². The van der Waals surface area contributed by atoms with E-state index < -0.39 is 37.3 Å². The standard InChI is InChI=1S/C25H38O7/c1-24-9-7-14(31-23-22(30)21(29)20(28)18(12-26)32-23)11-13(24)3-4-15-16-5-6-19(27)25(16,2)10-8-17(15)24/h3,14-18,20-23,26,28-30H,4-12H2,1-2H3/t14-,15?,16?,17?,18?,20?,21?,22?,23?,24?,25-/m0/s1. The zero-order valence-electron chi connectivity index (χ0n) is 19.2. The van der Waals surface area contributed by atoms with Crippen LogP contribution in [0.2, 0.25) is 0 Å². The van der Waals surface area contributed by atoms with Crippen molar-refractivity contribution in [2.45, 2.75) is 102 Å². The van der Waals surface area contributed by atoms with Crippen molar-refractivity contribution in [2.75, 3.05) is 6.61 Å². The van der Waals surface area contributed by atoms with E-state index >= 15 is 0 Å². The van der Waals surface area contributed by atoms with Gasteiger partial charge in [0.25, 0.3) is 0 Å². The molecule has 0 aromatic rings. The van der Waals surface area contributed by atoms with Gasteiger partial charge < -0.3 is 29.9 Å². The summed E-state index contributed by atoms with van der Waals surface area (Å²) in [5.74, 6) is 2.15. The molecule has 1 heterocycles. The Hall–Kier alpha value is -0.830. The number of hydrogen-bond donors (Lipinski definition) is 4. The number of ketones is 1. The van der Waals surface area contributed by atoms with Crippen LogP contribution in [0, 0.1) is 28.6 Å². The summed E-state index contributed by atoms with van der Waals surface area (Å²) in [6.45, 7) is 4.14. The van der Waals surface area contributed by atoms with Crippen LogP contribution in [-0.2, 0) is 14.3 Å². The number of rotatable bonds is 3. The lowest BCUT2D eigenvalue weighted by Gasteiger charge is -2.57. The Morgan fingerprint density at radius 1 is 1.03 bits per heavy atom. The molecule has 0 spiro atoms. The van der Waals surface area contributed by atoms with Crippen molar-refractivity contribution in [1.82, 2.24) is 0 Å². The third-order valence-corrected chi connectivity index (χ3v) is 9.94. The number of aliphatic hydroxyl groups is 4. The van der Waals surface area contributed by atoms with Crippen LogP contribution in [0.15, 0.2) is 11.6 Å². The maximum absolute atomic E-state index is 12.6. The average Bonchev–Trinajstić information content (AvgIpc) is 3.09. The second-order valence-electron chi connectivity index (χ2n) is 11.4. The number of aliphatic hydroxyl groups excluding tert-OH is 4. The van der Waals surface area contributed by atoms with Crippen LogP contribution in [0.5, 0.6) is 0 Å². The highest BCUT2D eigenvalue weighted by Gasteiger charge is 2.58. The molecule has 5 rings (SSSR count). The van der Waals surface area contributed by atoms with Gasteiger partial charge >= 0.3 is 0 Å². The van der Waals surface area contributed by atoms with Crippen molar-refractivity contribution in [2.24, 2.45) is 28.6 Å². The zero-order chi connectivity index (χ0) is 22.8. The number of carbonyl (C=O) groups excluding carboxylic acids is 1. The van der Waals surface area contributed by atoms with E-state index in [4.69, 9.17) is 9.47 Å². The first-order chi connectivity index (χ1) is 15.2. The van der Waals surface area contributed by atoms with Gasteiger partial charge in [-0.2, -0.15) is 0 Å². The zero-order valence-corrected chi connectivity index (χ0v) is 19.2. The van der Waals surface area contributed by atoms with Crippen molar-refractivity contribution < 1.29 is 34.7 Å². The number of fused-ring (bicyclic) bond motifs is 5. The average molecular weight is 451 g/mol. The van der Waals surface area contributed by atoms with Gasteiger partial charge in [0.1, 0.15) is 30.2 Å². The highest BCUT2D eigenvalue weighted by atomic mass is 16.7. The lowest BCUT2D eigenvalue weighted by atomic mass is 9.48. The van der Waals surface area contributed by atoms with E-state index in [1.165, 1.54) is 5.57 Å². The molecule has 1 aliphatic heterocycles. The lowest BCUT2D eigenvalue weighted by molar-refractivity contribution is -0.313. The number of carbonyl (C=O) groups is 1. The van der Waals surface area contributed by atoms with Gasteiger partial charge in [0.2, 0.25) is 0 Å². The van der Waals surface area contributed by atoms with Crippen LogP contribution in [0.25, 0.3) is 0 Å². The predicted octanol–water partition coefficient (Wildman–Crippen LogP) is 1.70. The summed E-state index contributed by atoms with van der Waals surface area (Å²) in [7, 11) is 0. The topological polar surface area (TPSA) is 116 Å². The molecular weight excluding hydrogens is 412 g/mol. The molecule has 5 aliphatic rings. The molecule has 0 aromatic carbocycles. The fourth-order valence-corrected chi connectivity index (χ4v) is 7.88. The van der Waals surface area contributed by atoms with Crippen LogP contribution in [-0.4, -0.2) is 69.6 Å². The fourth-order valence-electron chi connectivity index (χ4n) is 7.88. The summed E-state index contributed by atoms with van der Waals surface area (Å²) in [6.07, 6.45) is 3.56. The van der Waals surface area contributed by atoms with E-state index in [1.54, 1.807) is 0 Å². The maximum atomic E-state index is 12.6. The van der Waals surface area contributed by atoms with E-state index in [9.17, 15) is 25.2 Å². The second-order valence-corrected chi connectivity index (χ2v) is 11.4. The second kappa shape index (κ2) is 8.14. The van der Waals surface area contributed by atoms with Crippen molar-refractivity contribution in [1.29, 1.82) is 0 Å². The molecule has 4 fully saturated rings. The maximum Gasteiger partial charge on any atom is 0.186 e. The molecule has 0 radical (unpaired) electrons. The monoisotopic (exact) mass is 450 g/mol. The molecule has 4 N–H and O–H groups in total. The molecule has 180 valence electrons. The molecule has 11 atom stereocenters. The number of ether oxygens (including phenoxy) is 2. The third-order valence-electron chi connectivity index (χ3n) is 9.94. The molecule has 7 nitrogen and oxygen atoms in total. The fraction of sp³-hybridized carbons (Fsp3) is 0.880. The number of allylic oxidation sites excluding steroid dienone is 1. The number of Topliss-reactive ketones (excluding diaryl/α,β-unsaturated/α-hetero) is 1. The lowest BCUT2D eigenvalue weighted by Crippen LogP contribution is -2.60. The molecule has 0 amide bonds. The molecule has 1 saturated heterocycles. The minimum atomic E-state index is -1.42. The van der Waals surface area contributed by atoms with Gasteiger partial charge in [-0.05, 0) is 68.1 Å². The van der Waals surface area contributed by atoms with Crippen LogP contribution in [0.1, 0.15) is 65.2 Å². The van der Waals surface area contributed by atoms with Gasteiger partial charge in [-0.3, -0.25) is 4.79 Å². The van der Waals surface area contributed by atoms with E-state index in [0.717, 1.165) is 51.4 Å². The first-order valence-corrected chi connectivity index (χ1v) is 12.4. The minimum Gasteiger partial charge on any atom is -0.394 e. The van der Waals surface area contributed by atoms with Gasteiger partial charge in [-0.1, -0.05) is 25.5 Å². The Bertz CT molecular complexity index is 780. The Kier molecular flexibility index (Phi) is 5.83. The highest BCUT2D eigenvalue weighted by molar-refractivity contribution is 5.87. The quantitative estimate of drug-likeness (QED) is 0.484. The van der Waals surface area contributed by atoms with Gasteiger partial charge in [0, 0.05) is 11.8 Å². The molecule has 0 bridgehead atoms. The molecule has 4 aliphatic carbocycles. The van der Waals surface area contributed by atoms with E-state index in [0.29, 0.717) is 23.5 Å². The molecular formula is C25H38O7. The SMILES string of the molecule is CC12CC[C@H](OC3OC(CO)C(O)C(O)C3O)CC1=CCC1C2CC[C@]2(C)C(=O)CCC12. The molecule has 9 unspecified atom stereocenters. The van der Waals surface area contributed by atoms with Gasteiger partial charge in [0.05, 0.1) is 12.7 Å². The summed E-state index contributed by atoms with van der Waals surface area (Å²) in [5.41, 5.74) is 1.41. The summed E-state index contributed by atoms with van der Waals surface area (Å²) < 4.78 is 11.7. The largest absolute Gasteiger partial charge is 0.394 e. The van der Waals surface area contributed by atoms with E-state index in [2.05, 4.69) is 19.9 Å². The first kappa shape index (κ1) is 22.9. The van der Waals surface area contributed by atoms with Gasteiger partial charge in [0.15, 0.2) is 6.29 Å². The predicted molar refractivity (Wildman–Crippen MR) is 115 cm³/mol. The first-order valence-electron chi connectivity index (χ1n) is 12.4. The summed E-state index contributed by atoms with van der Waals surface area (Å²) in [6, 6.07) is 0. The van der Waals surface area contributed by atoms with Crippen LogP contribution >= 0.6 is 0 Å². The van der Waals surface area contributed by atoms with Gasteiger partial charge in [-0.25, -0.2) is 0 Å². The molecule has 32 heavy (non-hydrogen) atoms. The molecule has 0 aromatic heterocycles. The van der Waals surface area contributed by atoms with Crippen molar-refractivity contribution in [3.63, 3.8) is 0 Å². The third kappa shape index (κ3) is 3.35. The Morgan fingerprint density at radius 3 is 2.50 bits per heavy atom. The Morgan fingerprint density at radius 2 is 1.75 bits per heavy atom. The van der Waals surface area contributed by atoms with Crippen molar-refractivity contribution >= 4 is 5.78 Å². The smallest absolute Gasteiger partial charge is 0.186 e. The number of hydrogen-bond acceptors (Lipinski definition) is 7. The van der Waals surface area contributed by atoms with Crippen molar-refractivity contribution in [3.8, 4) is 0 Å².